The van der Waals surface area contributed by atoms with Gasteiger partial charge in [-0.15, -0.1) is 11.8 Å². The lowest BCUT2D eigenvalue weighted by atomic mass is 9.90. The van der Waals surface area contributed by atoms with Crippen molar-refractivity contribution in [2.45, 2.75) is 44.0 Å². The number of piperidine rings is 1. The second kappa shape index (κ2) is 4.42. The van der Waals surface area contributed by atoms with E-state index in [2.05, 4.69) is 36.2 Å². The molecule has 82 valence electrons. The number of rotatable bonds is 2. The fourth-order valence-electron chi connectivity index (χ4n) is 2.59. The number of hydrogen-bond donors (Lipinski definition) is 2. The van der Waals surface area contributed by atoms with E-state index in [0.29, 0.717) is 4.87 Å². The molecule has 2 rings (SSSR count). The molecule has 0 aromatic heterocycles. The van der Waals surface area contributed by atoms with E-state index in [-0.39, 0.29) is 0 Å². The summed E-state index contributed by atoms with van der Waals surface area (Å²) >= 11 is 2.14. The standard InChI is InChI=1S/C11H22N2S/c1-3-10-8-14-11(2,13-10)9-4-6-12-7-5-9/h9-10,12-13H,3-8H2,1-2H3. The Morgan fingerprint density at radius 3 is 2.64 bits per heavy atom. The van der Waals surface area contributed by atoms with Gasteiger partial charge in [0.25, 0.3) is 0 Å². The van der Waals surface area contributed by atoms with E-state index in [1.165, 1.54) is 38.1 Å². The fraction of sp³-hybridized carbons (Fsp3) is 1.00. The van der Waals surface area contributed by atoms with Crippen molar-refractivity contribution >= 4 is 11.8 Å². The lowest BCUT2D eigenvalue weighted by molar-refractivity contribution is 0.262. The first-order chi connectivity index (χ1) is 6.74. The summed E-state index contributed by atoms with van der Waals surface area (Å²) in [5, 5.41) is 7.27. The van der Waals surface area contributed by atoms with Crippen LogP contribution in [0, 0.1) is 5.92 Å². The molecule has 2 aliphatic heterocycles. The van der Waals surface area contributed by atoms with Crippen LogP contribution in [-0.4, -0.2) is 29.8 Å². The third kappa shape index (κ3) is 2.10. The van der Waals surface area contributed by atoms with Crippen molar-refractivity contribution in [3.8, 4) is 0 Å². The summed E-state index contributed by atoms with van der Waals surface area (Å²) in [7, 11) is 0. The normalized spacial score (nSPS) is 40.3. The lowest BCUT2D eigenvalue weighted by Crippen LogP contribution is -2.48. The molecule has 14 heavy (non-hydrogen) atoms. The highest BCUT2D eigenvalue weighted by molar-refractivity contribution is 8.00. The molecule has 2 unspecified atom stereocenters. The van der Waals surface area contributed by atoms with E-state index in [4.69, 9.17) is 0 Å². The van der Waals surface area contributed by atoms with Crippen LogP contribution in [0.25, 0.3) is 0 Å². The zero-order valence-corrected chi connectivity index (χ0v) is 10.1. The van der Waals surface area contributed by atoms with E-state index >= 15 is 0 Å². The van der Waals surface area contributed by atoms with E-state index < -0.39 is 0 Å². The molecule has 0 bridgehead atoms. The Balaban J connectivity index is 1.94. The SMILES string of the molecule is CCC1CSC(C)(C2CCNCC2)N1. The fourth-order valence-corrected chi connectivity index (χ4v) is 4.18. The van der Waals surface area contributed by atoms with Crippen LogP contribution in [0.1, 0.15) is 33.1 Å². The van der Waals surface area contributed by atoms with Crippen LogP contribution in [-0.2, 0) is 0 Å². The van der Waals surface area contributed by atoms with Gasteiger partial charge < -0.3 is 5.32 Å². The first kappa shape index (κ1) is 10.8. The van der Waals surface area contributed by atoms with Gasteiger partial charge in [-0.3, -0.25) is 5.32 Å². The molecule has 0 aromatic rings. The summed E-state index contributed by atoms with van der Waals surface area (Å²) in [5.41, 5.74) is 0. The van der Waals surface area contributed by atoms with Crippen LogP contribution in [0.4, 0.5) is 0 Å². The second-order valence-electron chi connectivity index (χ2n) is 4.69. The molecule has 0 spiro atoms. The zero-order chi connectivity index (χ0) is 10.0. The van der Waals surface area contributed by atoms with Gasteiger partial charge in [0.05, 0.1) is 4.87 Å². The van der Waals surface area contributed by atoms with E-state index in [1.807, 2.05) is 0 Å². The molecule has 2 N–H and O–H groups in total. The minimum absolute atomic E-state index is 0.364. The van der Waals surface area contributed by atoms with Gasteiger partial charge in [0.2, 0.25) is 0 Å². The molecule has 2 nitrogen and oxygen atoms in total. The minimum atomic E-state index is 0.364. The van der Waals surface area contributed by atoms with E-state index in [1.54, 1.807) is 0 Å². The quantitative estimate of drug-likeness (QED) is 0.733. The molecule has 2 atom stereocenters. The van der Waals surface area contributed by atoms with Crippen LogP contribution in [0.3, 0.4) is 0 Å². The average Bonchev–Trinajstić information content (AvgIpc) is 2.63. The molecule has 2 fully saturated rings. The predicted molar refractivity (Wildman–Crippen MR) is 63.7 cm³/mol. The second-order valence-corrected chi connectivity index (χ2v) is 6.16. The molecule has 0 amide bonds. The highest BCUT2D eigenvalue weighted by Crippen LogP contribution is 2.40. The molecule has 0 aliphatic carbocycles. The maximum Gasteiger partial charge on any atom is 0.0649 e. The van der Waals surface area contributed by atoms with Gasteiger partial charge in [-0.05, 0) is 45.2 Å². The van der Waals surface area contributed by atoms with Crippen LogP contribution in [0.2, 0.25) is 0 Å². The molecule has 0 aromatic carbocycles. The third-order valence-electron chi connectivity index (χ3n) is 3.69. The number of nitrogens with one attached hydrogen (secondary N) is 2. The summed E-state index contributed by atoms with van der Waals surface area (Å²) in [4.78, 5) is 0.364. The van der Waals surface area contributed by atoms with Crippen LogP contribution in [0.5, 0.6) is 0 Å². The smallest absolute Gasteiger partial charge is 0.0649 e. The molecule has 2 heterocycles. The molecule has 3 heteroatoms. The highest BCUT2D eigenvalue weighted by atomic mass is 32.2. The van der Waals surface area contributed by atoms with Crippen molar-refractivity contribution in [2.24, 2.45) is 5.92 Å². The Hall–Kier alpha value is 0.270. The van der Waals surface area contributed by atoms with Gasteiger partial charge >= 0.3 is 0 Å². The highest BCUT2D eigenvalue weighted by Gasteiger charge is 2.40. The van der Waals surface area contributed by atoms with E-state index in [0.717, 1.165) is 12.0 Å². The Labute approximate surface area is 91.6 Å². The Morgan fingerprint density at radius 2 is 2.07 bits per heavy atom. The molecular weight excluding hydrogens is 192 g/mol. The van der Waals surface area contributed by atoms with Crippen molar-refractivity contribution < 1.29 is 0 Å². The van der Waals surface area contributed by atoms with Gasteiger partial charge in [0.1, 0.15) is 0 Å². The molecule has 2 saturated heterocycles. The lowest BCUT2D eigenvalue weighted by Gasteiger charge is -2.37. The van der Waals surface area contributed by atoms with Crippen molar-refractivity contribution in [3.05, 3.63) is 0 Å². The van der Waals surface area contributed by atoms with Gasteiger partial charge in [0.15, 0.2) is 0 Å². The monoisotopic (exact) mass is 214 g/mol. The summed E-state index contributed by atoms with van der Waals surface area (Å²) in [6.45, 7) is 7.11. The largest absolute Gasteiger partial charge is 0.317 e. The van der Waals surface area contributed by atoms with Gasteiger partial charge in [-0.25, -0.2) is 0 Å². The van der Waals surface area contributed by atoms with Crippen molar-refractivity contribution in [2.75, 3.05) is 18.8 Å². The van der Waals surface area contributed by atoms with Gasteiger partial charge in [0, 0.05) is 11.8 Å². The summed E-state index contributed by atoms with van der Waals surface area (Å²) in [6, 6.07) is 0.750. The summed E-state index contributed by atoms with van der Waals surface area (Å²) in [6.07, 6.45) is 3.95. The molecule has 0 saturated carbocycles. The zero-order valence-electron chi connectivity index (χ0n) is 9.31. The third-order valence-corrected chi connectivity index (χ3v) is 5.31. The number of thioether (sulfide) groups is 1. The maximum atomic E-state index is 3.82. The van der Waals surface area contributed by atoms with E-state index in [9.17, 15) is 0 Å². The minimum Gasteiger partial charge on any atom is -0.317 e. The number of hydrogen-bond acceptors (Lipinski definition) is 3. The predicted octanol–water partition coefficient (Wildman–Crippen LogP) is 1.82. The average molecular weight is 214 g/mol. The maximum absolute atomic E-state index is 3.82. The molecule has 2 aliphatic rings. The van der Waals surface area contributed by atoms with Gasteiger partial charge in [-0.2, -0.15) is 0 Å². The Bertz CT molecular complexity index is 192. The Kier molecular flexibility index (Phi) is 3.40. The van der Waals surface area contributed by atoms with Crippen molar-refractivity contribution in [1.29, 1.82) is 0 Å². The first-order valence-corrected chi connectivity index (χ1v) is 6.85. The van der Waals surface area contributed by atoms with Crippen LogP contribution < -0.4 is 10.6 Å². The van der Waals surface area contributed by atoms with Crippen LogP contribution in [0.15, 0.2) is 0 Å². The first-order valence-electron chi connectivity index (χ1n) is 5.87. The topological polar surface area (TPSA) is 24.1 Å². The van der Waals surface area contributed by atoms with Crippen molar-refractivity contribution in [3.63, 3.8) is 0 Å². The van der Waals surface area contributed by atoms with Crippen LogP contribution >= 0.6 is 11.8 Å². The van der Waals surface area contributed by atoms with Gasteiger partial charge in [-0.1, -0.05) is 6.92 Å². The summed E-state index contributed by atoms with van der Waals surface area (Å²) in [5.74, 6) is 2.17. The van der Waals surface area contributed by atoms with Crippen molar-refractivity contribution in [1.82, 2.24) is 10.6 Å². The summed E-state index contributed by atoms with van der Waals surface area (Å²) < 4.78 is 0. The molecule has 0 radical (unpaired) electrons. The molecular formula is C11H22N2S. The Morgan fingerprint density at radius 1 is 1.36 bits per heavy atom.